The van der Waals surface area contributed by atoms with Gasteiger partial charge in [-0.2, -0.15) is 5.10 Å². The fraction of sp³-hybridized carbons (Fsp3) is 0.200. The Balaban J connectivity index is 1.80. The maximum atomic E-state index is 6.15. The largest absolute Gasteiger partial charge is 0.384 e. The number of nitrogens with two attached hydrogens (primary N) is 3. The van der Waals surface area contributed by atoms with Gasteiger partial charge in [0.05, 0.1) is 5.69 Å². The molecule has 0 aliphatic carbocycles. The molecule has 0 aliphatic heterocycles. The van der Waals surface area contributed by atoms with Crippen molar-refractivity contribution < 1.29 is 0 Å². The van der Waals surface area contributed by atoms with Crippen molar-refractivity contribution in [2.75, 3.05) is 6.54 Å². The summed E-state index contributed by atoms with van der Waals surface area (Å²) in [5.74, 6) is 12.5. The Morgan fingerprint density at radius 2 is 2.00 bits per heavy atom. The molecule has 0 spiro atoms. The third-order valence-electron chi connectivity index (χ3n) is 4.94. The van der Waals surface area contributed by atoms with Crippen LogP contribution in [0.2, 0.25) is 0 Å². The number of aliphatic imine (C=N–C) groups is 2. The highest BCUT2D eigenvalue weighted by Gasteiger charge is 2.11. The highest BCUT2D eigenvalue weighted by atomic mass is 32.1. The highest BCUT2D eigenvalue weighted by molar-refractivity contribution is 7.10. The van der Waals surface area contributed by atoms with E-state index in [2.05, 4.69) is 32.4 Å². The number of rotatable bonds is 9. The van der Waals surface area contributed by atoms with Gasteiger partial charge in [0, 0.05) is 35.2 Å². The van der Waals surface area contributed by atoms with Gasteiger partial charge in [-0.25, -0.2) is 10.8 Å². The zero-order valence-corrected chi connectivity index (χ0v) is 20.0. The number of hydrogen-bond donors (Lipinski definition) is 4. The maximum Gasteiger partial charge on any atom is 0.167 e. The Bertz CT molecular complexity index is 1160. The average molecular weight is 475 g/mol. The first kappa shape index (κ1) is 24.8. The van der Waals surface area contributed by atoms with Crippen LogP contribution in [0.1, 0.15) is 35.8 Å². The first-order chi connectivity index (χ1) is 16.6. The number of hydrazone groups is 1. The number of hydrazine groups is 1. The number of hydrogen-bond acceptors (Lipinski definition) is 6. The van der Waals surface area contributed by atoms with Gasteiger partial charge in [0.2, 0.25) is 0 Å². The van der Waals surface area contributed by atoms with Gasteiger partial charge in [-0.1, -0.05) is 49.7 Å². The van der Waals surface area contributed by atoms with Crippen LogP contribution in [0.25, 0.3) is 17.3 Å². The van der Waals surface area contributed by atoms with Gasteiger partial charge in [-0.15, -0.1) is 11.3 Å². The summed E-state index contributed by atoms with van der Waals surface area (Å²) in [4.78, 5) is 15.0. The summed E-state index contributed by atoms with van der Waals surface area (Å²) >= 11 is 1.65. The lowest BCUT2D eigenvalue weighted by Crippen LogP contribution is -2.32. The molecule has 0 bridgehead atoms. The van der Waals surface area contributed by atoms with Gasteiger partial charge in [0.25, 0.3) is 0 Å². The maximum absolute atomic E-state index is 6.15. The smallest absolute Gasteiger partial charge is 0.167 e. The fourth-order valence-electron chi connectivity index (χ4n) is 3.21. The molecular weight excluding hydrogens is 444 g/mol. The summed E-state index contributed by atoms with van der Waals surface area (Å²) in [5, 5.41) is 5.74. The number of amidine groups is 3. The van der Waals surface area contributed by atoms with Crippen LogP contribution < -0.4 is 22.8 Å². The summed E-state index contributed by atoms with van der Waals surface area (Å²) in [6.45, 7) is 2.85. The molecule has 8 nitrogen and oxygen atoms in total. The van der Waals surface area contributed by atoms with Gasteiger partial charge in [-0.05, 0) is 41.6 Å². The topological polar surface area (TPSA) is 140 Å². The first-order valence-electron chi connectivity index (χ1n) is 11.0. The molecule has 7 N–H and O–H groups in total. The Labute approximate surface area is 204 Å². The van der Waals surface area contributed by atoms with Gasteiger partial charge in [0.1, 0.15) is 11.7 Å². The van der Waals surface area contributed by atoms with Crippen molar-refractivity contribution in [2.24, 2.45) is 32.5 Å². The summed E-state index contributed by atoms with van der Waals surface area (Å²) in [6.07, 6.45) is 8.18. The number of nitrogens with one attached hydrogen (secondary N) is 1. The van der Waals surface area contributed by atoms with E-state index in [4.69, 9.17) is 17.4 Å². The van der Waals surface area contributed by atoms with Crippen molar-refractivity contribution in [2.45, 2.75) is 26.2 Å². The second kappa shape index (κ2) is 13.0. The second-order valence-electron chi connectivity index (χ2n) is 7.43. The predicted octanol–water partition coefficient (Wildman–Crippen LogP) is 3.71. The minimum atomic E-state index is 0.382. The van der Waals surface area contributed by atoms with Crippen molar-refractivity contribution in [3.63, 3.8) is 0 Å². The van der Waals surface area contributed by atoms with Crippen LogP contribution in [0.5, 0.6) is 0 Å². The normalized spacial score (nSPS) is 12.9. The zero-order valence-electron chi connectivity index (χ0n) is 19.2. The lowest BCUT2D eigenvalue weighted by Gasteiger charge is -2.11. The molecule has 0 fully saturated rings. The molecule has 2 aromatic heterocycles. The Morgan fingerprint density at radius 3 is 2.68 bits per heavy atom. The third-order valence-corrected chi connectivity index (χ3v) is 5.77. The van der Waals surface area contributed by atoms with Crippen LogP contribution in [-0.4, -0.2) is 29.0 Å². The number of nitrogens with zero attached hydrogens (tertiary/aromatic N) is 4. The van der Waals surface area contributed by atoms with Crippen molar-refractivity contribution in [3.05, 3.63) is 82.2 Å². The molecule has 0 aliphatic rings. The van der Waals surface area contributed by atoms with E-state index in [0.29, 0.717) is 30.5 Å². The first-order valence-corrected chi connectivity index (χ1v) is 11.9. The van der Waals surface area contributed by atoms with Crippen molar-refractivity contribution in [3.8, 4) is 11.3 Å². The molecule has 3 aromatic rings. The van der Waals surface area contributed by atoms with Gasteiger partial charge in [0.15, 0.2) is 5.84 Å². The van der Waals surface area contributed by atoms with Crippen LogP contribution in [0.4, 0.5) is 0 Å². The molecule has 3 rings (SSSR count). The molecule has 9 heteroatoms. The second-order valence-corrected chi connectivity index (χ2v) is 8.41. The molecule has 1 aromatic carbocycles. The molecule has 176 valence electrons. The quantitative estimate of drug-likeness (QED) is 0.123. The van der Waals surface area contributed by atoms with E-state index in [1.165, 1.54) is 0 Å². The van der Waals surface area contributed by atoms with Crippen molar-refractivity contribution in [1.29, 1.82) is 0 Å². The standard InChI is InChI=1S/C25H30N8S/c1-2-3-14-29-24(31-23(26)13-11-19-7-6-15-34-19)16-18-10-12-22(30-17-18)20-8-4-5-9-21(20)25(32-27)33-28/h4-13,15,17H,2-3,14,16,27-28H2,1H3,(H,32,33)(H2,26,29,31)/b13-11+. The fourth-order valence-corrected chi connectivity index (χ4v) is 3.82. The Kier molecular flexibility index (Phi) is 9.51. The van der Waals surface area contributed by atoms with E-state index in [1.54, 1.807) is 11.3 Å². The van der Waals surface area contributed by atoms with Gasteiger partial charge >= 0.3 is 0 Å². The summed E-state index contributed by atoms with van der Waals surface area (Å²) in [5.41, 5.74) is 12.1. The average Bonchev–Trinajstić information content (AvgIpc) is 3.38. The van der Waals surface area contributed by atoms with Gasteiger partial charge < -0.3 is 17.0 Å². The van der Waals surface area contributed by atoms with Crippen LogP contribution in [0, 0.1) is 0 Å². The molecule has 0 amide bonds. The Hall–Kier alpha value is -3.82. The lowest BCUT2D eigenvalue weighted by molar-refractivity contribution is 0.805. The molecule has 0 unspecified atom stereocenters. The number of pyridine rings is 1. The minimum Gasteiger partial charge on any atom is -0.384 e. The van der Waals surface area contributed by atoms with E-state index < -0.39 is 0 Å². The highest BCUT2D eigenvalue weighted by Crippen LogP contribution is 2.22. The van der Waals surface area contributed by atoms with Gasteiger partial charge in [-0.3, -0.25) is 9.98 Å². The molecular formula is C25H30N8S. The number of unbranched alkanes of at least 4 members (excludes halogenated alkanes) is 1. The van der Waals surface area contributed by atoms with E-state index in [1.807, 2.05) is 72.3 Å². The summed E-state index contributed by atoms with van der Waals surface area (Å²) < 4.78 is 0. The molecule has 0 atom stereocenters. The van der Waals surface area contributed by atoms with E-state index in [9.17, 15) is 0 Å². The SMILES string of the molecule is CCCCN=C(Cc1ccc(-c2ccccc2/C(=N/N)NN)nc1)N=C(N)/C=C/c1cccs1. The predicted molar refractivity (Wildman–Crippen MR) is 144 cm³/mol. The molecule has 34 heavy (non-hydrogen) atoms. The van der Waals surface area contributed by atoms with E-state index in [0.717, 1.165) is 40.1 Å². The van der Waals surface area contributed by atoms with Crippen LogP contribution in [-0.2, 0) is 6.42 Å². The lowest BCUT2D eigenvalue weighted by atomic mass is 10.0. The van der Waals surface area contributed by atoms with Crippen molar-refractivity contribution >= 4 is 34.9 Å². The number of benzene rings is 1. The Morgan fingerprint density at radius 1 is 1.15 bits per heavy atom. The minimum absolute atomic E-state index is 0.382. The molecule has 2 heterocycles. The zero-order chi connectivity index (χ0) is 24.2. The van der Waals surface area contributed by atoms with Crippen molar-refractivity contribution in [1.82, 2.24) is 10.4 Å². The third kappa shape index (κ3) is 7.09. The number of thiophene rings is 1. The summed E-state index contributed by atoms with van der Waals surface area (Å²) in [7, 11) is 0. The summed E-state index contributed by atoms with van der Waals surface area (Å²) in [6, 6.07) is 15.6. The van der Waals surface area contributed by atoms with Crippen LogP contribution >= 0.6 is 11.3 Å². The molecule has 0 radical (unpaired) electrons. The van der Waals surface area contributed by atoms with E-state index >= 15 is 0 Å². The molecule has 0 saturated heterocycles. The monoisotopic (exact) mass is 474 g/mol. The molecule has 0 saturated carbocycles. The van der Waals surface area contributed by atoms with E-state index in [-0.39, 0.29) is 0 Å². The van der Waals surface area contributed by atoms with Crippen LogP contribution in [0.3, 0.4) is 0 Å². The van der Waals surface area contributed by atoms with Crippen LogP contribution in [0.15, 0.2) is 81.3 Å². The number of aromatic nitrogens is 1.